The monoisotopic (exact) mass is 129 g/mol. The number of hydrogen-bond acceptors (Lipinski definition) is 3. The third kappa shape index (κ3) is 1.24. The molecule has 1 aromatic heterocycles. The summed E-state index contributed by atoms with van der Waals surface area (Å²) in [6.45, 7) is 0. The van der Waals surface area contributed by atoms with Crippen molar-refractivity contribution in [3.63, 3.8) is 0 Å². The average Bonchev–Trinajstić information content (AvgIpc) is 2.19. The van der Waals surface area contributed by atoms with Crippen molar-refractivity contribution < 1.29 is 0 Å². The van der Waals surface area contributed by atoms with Gasteiger partial charge < -0.3 is 5.73 Å². The number of rotatable bonds is 2. The van der Waals surface area contributed by atoms with E-state index in [1.165, 1.54) is 0 Å². The minimum atomic E-state index is 0.599. The fourth-order valence-electron chi connectivity index (χ4n) is 0.413. The maximum Gasteiger partial charge on any atom is 0.0920 e. The molecule has 0 aliphatic rings. The largest absolute Gasteiger partial charge is 0.322 e. The summed E-state index contributed by atoms with van der Waals surface area (Å²) in [5.74, 6) is 0.599. The Balaban J connectivity index is 2.50. The fourth-order valence-corrected chi connectivity index (χ4v) is 0.867. The van der Waals surface area contributed by atoms with Crippen LogP contribution in [-0.2, 0) is 0 Å². The Bertz CT molecular complexity index is 137. The summed E-state index contributed by atoms with van der Waals surface area (Å²) in [6, 6.07) is 1.89. The van der Waals surface area contributed by atoms with E-state index in [1.54, 1.807) is 18.0 Å². The van der Waals surface area contributed by atoms with Crippen molar-refractivity contribution in [2.24, 2.45) is 5.73 Å². The number of nitrogens with one attached hydrogen (secondary N) is 1. The number of aromatic nitrogens is 2. The molecule has 0 aliphatic heterocycles. The lowest BCUT2D eigenvalue weighted by Gasteiger charge is -1.86. The number of thioether (sulfide) groups is 1. The van der Waals surface area contributed by atoms with E-state index in [4.69, 9.17) is 5.73 Å². The fraction of sp³-hybridized carbons (Fsp3) is 0.250. The van der Waals surface area contributed by atoms with Crippen LogP contribution >= 0.6 is 11.8 Å². The van der Waals surface area contributed by atoms with E-state index in [1.807, 2.05) is 6.07 Å². The highest BCUT2D eigenvalue weighted by molar-refractivity contribution is 7.99. The average molecular weight is 129 g/mol. The minimum Gasteiger partial charge on any atom is -0.322 e. The van der Waals surface area contributed by atoms with Gasteiger partial charge in [0.2, 0.25) is 0 Å². The van der Waals surface area contributed by atoms with E-state index in [0.717, 1.165) is 5.03 Å². The second-order valence-corrected chi connectivity index (χ2v) is 2.29. The first kappa shape index (κ1) is 5.65. The zero-order valence-corrected chi connectivity index (χ0v) is 5.11. The molecule has 8 heavy (non-hydrogen) atoms. The molecule has 0 spiro atoms. The molecule has 0 bridgehead atoms. The van der Waals surface area contributed by atoms with Crippen LogP contribution in [0.1, 0.15) is 0 Å². The second-order valence-electron chi connectivity index (χ2n) is 1.23. The third-order valence-electron chi connectivity index (χ3n) is 0.714. The van der Waals surface area contributed by atoms with Gasteiger partial charge in [-0.3, -0.25) is 5.10 Å². The van der Waals surface area contributed by atoms with E-state index in [9.17, 15) is 0 Å². The van der Waals surface area contributed by atoms with E-state index in [0.29, 0.717) is 5.88 Å². The summed E-state index contributed by atoms with van der Waals surface area (Å²) in [4.78, 5) is 0. The number of nitrogens with two attached hydrogens (primary N) is 1. The number of nitrogens with zero attached hydrogens (tertiary/aromatic N) is 1. The number of H-pyrrole nitrogens is 1. The van der Waals surface area contributed by atoms with E-state index in [-0.39, 0.29) is 0 Å². The zero-order chi connectivity index (χ0) is 5.82. The Morgan fingerprint density at radius 3 is 3.25 bits per heavy atom. The van der Waals surface area contributed by atoms with Crippen LogP contribution in [0.2, 0.25) is 0 Å². The van der Waals surface area contributed by atoms with Crippen LogP contribution in [0.4, 0.5) is 0 Å². The Labute approximate surface area is 51.7 Å². The van der Waals surface area contributed by atoms with Crippen molar-refractivity contribution in [3.8, 4) is 0 Å². The first-order valence-electron chi connectivity index (χ1n) is 2.25. The topological polar surface area (TPSA) is 54.7 Å². The van der Waals surface area contributed by atoms with Gasteiger partial charge in [-0.1, -0.05) is 11.8 Å². The summed E-state index contributed by atoms with van der Waals surface area (Å²) >= 11 is 1.54. The Kier molecular flexibility index (Phi) is 1.93. The van der Waals surface area contributed by atoms with Gasteiger partial charge in [0, 0.05) is 12.1 Å². The van der Waals surface area contributed by atoms with Crippen LogP contribution < -0.4 is 5.73 Å². The highest BCUT2D eigenvalue weighted by Crippen LogP contribution is 2.09. The zero-order valence-electron chi connectivity index (χ0n) is 4.29. The van der Waals surface area contributed by atoms with Crippen molar-refractivity contribution >= 4 is 11.8 Å². The lowest BCUT2D eigenvalue weighted by atomic mass is 10.8. The molecule has 1 aromatic rings. The molecule has 1 heterocycles. The quantitative estimate of drug-likeness (QED) is 0.449. The minimum absolute atomic E-state index is 0.599. The van der Waals surface area contributed by atoms with Gasteiger partial charge in [-0.05, 0) is 6.07 Å². The van der Waals surface area contributed by atoms with Crippen LogP contribution in [0.25, 0.3) is 0 Å². The van der Waals surface area contributed by atoms with E-state index in [2.05, 4.69) is 10.2 Å². The second kappa shape index (κ2) is 2.74. The first-order chi connectivity index (χ1) is 3.93. The maximum absolute atomic E-state index is 5.23. The van der Waals surface area contributed by atoms with Gasteiger partial charge in [0.05, 0.1) is 5.03 Å². The van der Waals surface area contributed by atoms with Gasteiger partial charge in [-0.25, -0.2) is 0 Å². The van der Waals surface area contributed by atoms with Gasteiger partial charge >= 0.3 is 0 Å². The highest BCUT2D eigenvalue weighted by Gasteiger charge is 1.87. The van der Waals surface area contributed by atoms with Gasteiger partial charge in [0.25, 0.3) is 0 Å². The lowest BCUT2D eigenvalue weighted by molar-refractivity contribution is 1.00. The summed E-state index contributed by atoms with van der Waals surface area (Å²) in [7, 11) is 0. The molecule has 0 amide bonds. The van der Waals surface area contributed by atoms with Crippen LogP contribution in [0.15, 0.2) is 17.3 Å². The standard InChI is InChI=1S/C4H7N3S/c5-3-8-4-1-2-6-7-4/h1-2H,3,5H2,(H,6,7). The van der Waals surface area contributed by atoms with E-state index >= 15 is 0 Å². The molecule has 4 heteroatoms. The third-order valence-corrected chi connectivity index (χ3v) is 1.42. The molecule has 3 N–H and O–H groups in total. The Morgan fingerprint density at radius 1 is 1.88 bits per heavy atom. The summed E-state index contributed by atoms with van der Waals surface area (Å²) in [6.07, 6.45) is 1.71. The molecule has 0 aromatic carbocycles. The van der Waals surface area contributed by atoms with Crippen LogP contribution in [-0.4, -0.2) is 16.1 Å². The molecule has 0 unspecified atom stereocenters. The number of aromatic amines is 1. The molecule has 0 saturated heterocycles. The SMILES string of the molecule is NCSc1ccn[nH]1. The Morgan fingerprint density at radius 2 is 2.75 bits per heavy atom. The van der Waals surface area contributed by atoms with Gasteiger partial charge in [0.15, 0.2) is 0 Å². The van der Waals surface area contributed by atoms with Crippen molar-refractivity contribution in [3.05, 3.63) is 12.3 Å². The molecule has 0 saturated carbocycles. The molecule has 0 atom stereocenters. The van der Waals surface area contributed by atoms with E-state index < -0.39 is 0 Å². The van der Waals surface area contributed by atoms with Crippen molar-refractivity contribution in [1.29, 1.82) is 0 Å². The van der Waals surface area contributed by atoms with Crippen molar-refractivity contribution in [2.75, 3.05) is 5.88 Å². The van der Waals surface area contributed by atoms with Crippen LogP contribution in [0, 0.1) is 0 Å². The smallest absolute Gasteiger partial charge is 0.0920 e. The predicted octanol–water partition coefficient (Wildman–Crippen LogP) is 0.418. The molecular weight excluding hydrogens is 122 g/mol. The van der Waals surface area contributed by atoms with Crippen LogP contribution in [0.5, 0.6) is 0 Å². The molecule has 0 radical (unpaired) electrons. The molecule has 1 rings (SSSR count). The van der Waals surface area contributed by atoms with Gasteiger partial charge in [-0.15, -0.1) is 0 Å². The molecule has 44 valence electrons. The summed E-state index contributed by atoms with van der Waals surface area (Å²) < 4.78 is 0. The van der Waals surface area contributed by atoms with Crippen molar-refractivity contribution in [2.45, 2.75) is 5.03 Å². The molecule has 0 fully saturated rings. The first-order valence-corrected chi connectivity index (χ1v) is 3.24. The summed E-state index contributed by atoms with van der Waals surface area (Å²) in [5, 5.41) is 7.53. The normalized spacial score (nSPS) is 9.62. The molecule has 3 nitrogen and oxygen atoms in total. The van der Waals surface area contributed by atoms with Crippen molar-refractivity contribution in [1.82, 2.24) is 10.2 Å². The molecule has 0 aliphatic carbocycles. The lowest BCUT2D eigenvalue weighted by Crippen LogP contribution is -1.91. The predicted molar refractivity (Wildman–Crippen MR) is 33.5 cm³/mol. The van der Waals surface area contributed by atoms with Gasteiger partial charge in [-0.2, -0.15) is 5.10 Å². The van der Waals surface area contributed by atoms with Gasteiger partial charge in [0.1, 0.15) is 0 Å². The van der Waals surface area contributed by atoms with Crippen LogP contribution in [0.3, 0.4) is 0 Å². The summed E-state index contributed by atoms with van der Waals surface area (Å²) in [5.41, 5.74) is 5.23. The Hall–Kier alpha value is -0.480. The molecular formula is C4H7N3S. The highest BCUT2D eigenvalue weighted by atomic mass is 32.2. The maximum atomic E-state index is 5.23. The number of hydrogen-bond donors (Lipinski definition) is 2.